The monoisotopic (exact) mass is 251 g/mol. The molecular formula is C12H17N3O3. The van der Waals surface area contributed by atoms with Crippen molar-refractivity contribution in [2.75, 3.05) is 18.1 Å². The number of aliphatic hydroxyl groups excluding tert-OH is 1. The number of hydrogen-bond acceptors (Lipinski definition) is 5. The zero-order valence-corrected chi connectivity index (χ0v) is 10.2. The highest BCUT2D eigenvalue weighted by atomic mass is 16.6. The Bertz CT molecular complexity index is 425. The van der Waals surface area contributed by atoms with Crippen molar-refractivity contribution >= 4 is 11.4 Å². The molecule has 1 aliphatic rings. The number of pyridine rings is 1. The van der Waals surface area contributed by atoms with E-state index < -0.39 is 0 Å². The lowest BCUT2D eigenvalue weighted by Crippen LogP contribution is -2.29. The van der Waals surface area contributed by atoms with Crippen LogP contribution in [0.1, 0.15) is 25.7 Å². The zero-order valence-electron chi connectivity index (χ0n) is 10.2. The van der Waals surface area contributed by atoms with Crippen LogP contribution < -0.4 is 4.90 Å². The maximum atomic E-state index is 11.0. The van der Waals surface area contributed by atoms with E-state index in [4.69, 9.17) is 5.11 Å². The molecule has 2 heterocycles. The third-order valence-corrected chi connectivity index (χ3v) is 3.36. The predicted molar refractivity (Wildman–Crippen MR) is 67.6 cm³/mol. The van der Waals surface area contributed by atoms with Crippen molar-refractivity contribution in [1.29, 1.82) is 0 Å². The Labute approximate surface area is 105 Å². The Morgan fingerprint density at radius 1 is 1.61 bits per heavy atom. The van der Waals surface area contributed by atoms with Crippen LogP contribution >= 0.6 is 0 Å². The van der Waals surface area contributed by atoms with Crippen LogP contribution in [0.3, 0.4) is 0 Å². The first kappa shape index (κ1) is 12.8. The number of hydrogen-bond donors (Lipinski definition) is 1. The van der Waals surface area contributed by atoms with E-state index in [1.165, 1.54) is 6.20 Å². The minimum Gasteiger partial charge on any atom is -0.396 e. The molecule has 1 saturated heterocycles. The van der Waals surface area contributed by atoms with Gasteiger partial charge in [0.1, 0.15) is 11.9 Å². The second-order valence-corrected chi connectivity index (χ2v) is 4.48. The van der Waals surface area contributed by atoms with Crippen LogP contribution in [0.4, 0.5) is 11.4 Å². The molecule has 1 unspecified atom stereocenters. The summed E-state index contributed by atoms with van der Waals surface area (Å²) in [5, 5.41) is 19.9. The summed E-state index contributed by atoms with van der Waals surface area (Å²) in [7, 11) is 0. The van der Waals surface area contributed by atoms with Gasteiger partial charge in [-0.3, -0.25) is 15.1 Å². The van der Waals surface area contributed by atoms with E-state index >= 15 is 0 Å². The van der Waals surface area contributed by atoms with Crippen molar-refractivity contribution in [2.45, 2.75) is 31.7 Å². The minimum absolute atomic E-state index is 0.0633. The lowest BCUT2D eigenvalue weighted by atomic mass is 10.1. The molecule has 1 aliphatic heterocycles. The molecule has 1 fully saturated rings. The first-order valence-electron chi connectivity index (χ1n) is 6.20. The molecule has 0 radical (unpaired) electrons. The van der Waals surface area contributed by atoms with Gasteiger partial charge in [-0.2, -0.15) is 0 Å². The third kappa shape index (κ3) is 2.59. The van der Waals surface area contributed by atoms with E-state index in [0.717, 1.165) is 32.2 Å². The van der Waals surface area contributed by atoms with Crippen LogP contribution in [0, 0.1) is 10.1 Å². The van der Waals surface area contributed by atoms with Gasteiger partial charge in [-0.05, 0) is 31.7 Å². The van der Waals surface area contributed by atoms with Crippen LogP contribution in [-0.4, -0.2) is 34.2 Å². The Morgan fingerprint density at radius 2 is 2.44 bits per heavy atom. The van der Waals surface area contributed by atoms with Gasteiger partial charge in [0.2, 0.25) is 0 Å². The summed E-state index contributed by atoms with van der Waals surface area (Å²) in [6, 6.07) is 1.99. The summed E-state index contributed by atoms with van der Waals surface area (Å²) < 4.78 is 0. The fourth-order valence-corrected chi connectivity index (χ4v) is 2.54. The number of anilines is 1. The first-order chi connectivity index (χ1) is 8.74. The Kier molecular flexibility index (Phi) is 4.09. The standard InChI is InChI=1S/C12H17N3O3/c16-8-2-4-10-3-1-7-14(10)11-5-6-13-9-12(11)15(17)18/h5-6,9-10,16H,1-4,7-8H2. The largest absolute Gasteiger partial charge is 0.396 e. The summed E-state index contributed by atoms with van der Waals surface area (Å²) in [4.78, 5) is 16.5. The van der Waals surface area contributed by atoms with E-state index in [0.29, 0.717) is 11.7 Å². The molecule has 1 N–H and O–H groups in total. The van der Waals surface area contributed by atoms with Crippen LogP contribution in [0.5, 0.6) is 0 Å². The Balaban J connectivity index is 2.21. The minimum atomic E-state index is -0.385. The van der Waals surface area contributed by atoms with Crippen LogP contribution in [0.2, 0.25) is 0 Å². The van der Waals surface area contributed by atoms with Gasteiger partial charge in [0.15, 0.2) is 0 Å². The van der Waals surface area contributed by atoms with Gasteiger partial charge in [-0.25, -0.2) is 0 Å². The SMILES string of the molecule is O=[N+]([O-])c1cnccc1N1CCCC1CCCO. The van der Waals surface area contributed by atoms with Crippen molar-refractivity contribution in [1.82, 2.24) is 4.98 Å². The molecule has 18 heavy (non-hydrogen) atoms. The summed E-state index contributed by atoms with van der Waals surface area (Å²) in [5.74, 6) is 0. The topological polar surface area (TPSA) is 79.5 Å². The lowest BCUT2D eigenvalue weighted by Gasteiger charge is -2.26. The smallest absolute Gasteiger partial charge is 0.310 e. The van der Waals surface area contributed by atoms with Gasteiger partial charge in [0.25, 0.3) is 0 Å². The molecule has 2 rings (SSSR count). The summed E-state index contributed by atoms with van der Waals surface area (Å²) in [6.07, 6.45) is 6.56. The average Bonchev–Trinajstić information content (AvgIpc) is 2.84. The zero-order chi connectivity index (χ0) is 13.0. The van der Waals surface area contributed by atoms with Gasteiger partial charge < -0.3 is 10.0 Å². The van der Waals surface area contributed by atoms with Crippen LogP contribution in [0.15, 0.2) is 18.5 Å². The van der Waals surface area contributed by atoms with Gasteiger partial charge in [-0.15, -0.1) is 0 Å². The molecule has 0 saturated carbocycles. The Hall–Kier alpha value is -1.69. The van der Waals surface area contributed by atoms with E-state index in [9.17, 15) is 10.1 Å². The first-order valence-corrected chi connectivity index (χ1v) is 6.20. The Morgan fingerprint density at radius 3 is 3.17 bits per heavy atom. The van der Waals surface area contributed by atoms with Crippen molar-refractivity contribution < 1.29 is 10.0 Å². The molecule has 0 aliphatic carbocycles. The van der Waals surface area contributed by atoms with Crippen molar-refractivity contribution in [2.24, 2.45) is 0 Å². The molecule has 0 spiro atoms. The quantitative estimate of drug-likeness (QED) is 0.636. The van der Waals surface area contributed by atoms with E-state index in [2.05, 4.69) is 9.88 Å². The normalized spacial score (nSPS) is 19.2. The second-order valence-electron chi connectivity index (χ2n) is 4.48. The van der Waals surface area contributed by atoms with Gasteiger partial charge in [-0.1, -0.05) is 0 Å². The number of nitrogens with zero attached hydrogens (tertiary/aromatic N) is 3. The molecule has 1 aromatic heterocycles. The molecule has 98 valence electrons. The molecule has 6 heteroatoms. The molecule has 1 atom stereocenters. The van der Waals surface area contributed by atoms with Gasteiger partial charge in [0.05, 0.1) is 4.92 Å². The third-order valence-electron chi connectivity index (χ3n) is 3.36. The highest BCUT2D eigenvalue weighted by molar-refractivity contribution is 5.62. The summed E-state index contributed by atoms with van der Waals surface area (Å²) >= 11 is 0. The van der Waals surface area contributed by atoms with Crippen molar-refractivity contribution in [3.63, 3.8) is 0 Å². The van der Waals surface area contributed by atoms with Crippen LogP contribution in [-0.2, 0) is 0 Å². The fraction of sp³-hybridized carbons (Fsp3) is 0.583. The van der Waals surface area contributed by atoms with Crippen LogP contribution in [0.25, 0.3) is 0 Å². The summed E-state index contributed by atoms with van der Waals surface area (Å²) in [5.41, 5.74) is 0.712. The number of nitro groups is 1. The van der Waals surface area contributed by atoms with Crippen molar-refractivity contribution in [3.05, 3.63) is 28.6 Å². The predicted octanol–water partition coefficient (Wildman–Crippen LogP) is 1.73. The molecule has 0 aromatic carbocycles. The number of rotatable bonds is 5. The average molecular weight is 251 g/mol. The van der Waals surface area contributed by atoms with Gasteiger partial charge in [0, 0.05) is 25.4 Å². The van der Waals surface area contributed by atoms with E-state index in [1.807, 2.05) is 0 Å². The molecule has 1 aromatic rings. The molecule has 0 bridgehead atoms. The molecule has 6 nitrogen and oxygen atoms in total. The number of aromatic nitrogens is 1. The van der Waals surface area contributed by atoms with Crippen molar-refractivity contribution in [3.8, 4) is 0 Å². The molecular weight excluding hydrogens is 234 g/mol. The fourth-order valence-electron chi connectivity index (χ4n) is 2.54. The highest BCUT2D eigenvalue weighted by Gasteiger charge is 2.29. The maximum absolute atomic E-state index is 11.0. The summed E-state index contributed by atoms with van der Waals surface area (Å²) in [6.45, 7) is 1.00. The highest BCUT2D eigenvalue weighted by Crippen LogP contribution is 2.33. The van der Waals surface area contributed by atoms with E-state index in [-0.39, 0.29) is 17.2 Å². The second kappa shape index (κ2) is 5.77. The van der Waals surface area contributed by atoms with E-state index in [1.54, 1.807) is 12.3 Å². The maximum Gasteiger partial charge on any atom is 0.310 e. The molecule has 0 amide bonds. The lowest BCUT2D eigenvalue weighted by molar-refractivity contribution is -0.384. The van der Waals surface area contributed by atoms with Gasteiger partial charge >= 0.3 is 5.69 Å². The number of aliphatic hydroxyl groups is 1.